The van der Waals surface area contributed by atoms with Crippen molar-refractivity contribution in [2.24, 2.45) is 11.8 Å². The van der Waals surface area contributed by atoms with Gasteiger partial charge in [0.05, 0.1) is 5.92 Å². The lowest BCUT2D eigenvalue weighted by Gasteiger charge is -2.08. The summed E-state index contributed by atoms with van der Waals surface area (Å²) in [6, 6.07) is 5.80. The van der Waals surface area contributed by atoms with Crippen molar-refractivity contribution in [1.29, 1.82) is 0 Å². The zero-order valence-electron chi connectivity index (χ0n) is 11.5. The number of hydrogen-bond acceptors (Lipinski definition) is 3. The smallest absolute Gasteiger partial charge is 0.309 e. The molecule has 2 atom stereocenters. The molecule has 0 bridgehead atoms. The highest BCUT2D eigenvalue weighted by Gasteiger charge is 2.40. The van der Waals surface area contributed by atoms with Crippen LogP contribution in [0.4, 0.5) is 5.69 Å². The second-order valence-electron chi connectivity index (χ2n) is 5.35. The highest BCUT2D eigenvalue weighted by Crippen LogP contribution is 2.38. The quantitative estimate of drug-likeness (QED) is 0.847. The highest BCUT2D eigenvalue weighted by molar-refractivity contribution is 5.93. The Morgan fingerprint density at radius 1 is 1.26 bits per heavy atom. The van der Waals surface area contributed by atoms with E-state index >= 15 is 0 Å². The lowest BCUT2D eigenvalue weighted by molar-refractivity contribution is -0.148. The van der Waals surface area contributed by atoms with Crippen LogP contribution >= 0.6 is 0 Å². The molecule has 1 aliphatic rings. The van der Waals surface area contributed by atoms with E-state index in [-0.39, 0.29) is 24.4 Å². The monoisotopic (exact) mass is 261 g/mol. The third-order valence-electron chi connectivity index (χ3n) is 3.26. The number of rotatable bonds is 4. The summed E-state index contributed by atoms with van der Waals surface area (Å²) >= 11 is 0. The molecule has 1 amide bonds. The second kappa shape index (κ2) is 5.43. The van der Waals surface area contributed by atoms with Crippen molar-refractivity contribution in [1.82, 2.24) is 0 Å². The van der Waals surface area contributed by atoms with E-state index in [1.165, 1.54) is 0 Å². The number of carbonyl (C=O) groups excluding carboxylic acids is 2. The van der Waals surface area contributed by atoms with Gasteiger partial charge in [0, 0.05) is 5.69 Å². The van der Waals surface area contributed by atoms with E-state index in [1.54, 1.807) is 0 Å². The normalized spacial score (nSPS) is 20.8. The van der Waals surface area contributed by atoms with Crippen LogP contribution in [0.5, 0.6) is 0 Å². The molecule has 0 heterocycles. The van der Waals surface area contributed by atoms with Crippen molar-refractivity contribution < 1.29 is 14.3 Å². The molecule has 0 saturated heterocycles. The van der Waals surface area contributed by atoms with Gasteiger partial charge in [0.2, 0.25) is 0 Å². The van der Waals surface area contributed by atoms with E-state index in [4.69, 9.17) is 4.74 Å². The van der Waals surface area contributed by atoms with Gasteiger partial charge in [0.15, 0.2) is 6.61 Å². The molecule has 0 aliphatic heterocycles. The van der Waals surface area contributed by atoms with E-state index < -0.39 is 0 Å². The molecular weight excluding hydrogens is 242 g/mol. The van der Waals surface area contributed by atoms with Crippen LogP contribution in [-0.4, -0.2) is 18.5 Å². The van der Waals surface area contributed by atoms with Crippen molar-refractivity contribution in [2.75, 3.05) is 11.9 Å². The zero-order chi connectivity index (χ0) is 14.0. The van der Waals surface area contributed by atoms with E-state index in [0.29, 0.717) is 5.92 Å². The van der Waals surface area contributed by atoms with Gasteiger partial charge in [0.1, 0.15) is 0 Å². The van der Waals surface area contributed by atoms with E-state index in [0.717, 1.165) is 23.2 Å². The molecule has 1 aromatic carbocycles. The summed E-state index contributed by atoms with van der Waals surface area (Å²) in [5, 5.41) is 2.73. The fourth-order valence-corrected chi connectivity index (χ4v) is 2.14. The molecule has 2 unspecified atom stereocenters. The molecule has 4 nitrogen and oxygen atoms in total. The third kappa shape index (κ3) is 3.81. The summed E-state index contributed by atoms with van der Waals surface area (Å²) < 4.78 is 4.98. The van der Waals surface area contributed by atoms with Crippen LogP contribution in [0, 0.1) is 25.7 Å². The van der Waals surface area contributed by atoms with Crippen molar-refractivity contribution in [2.45, 2.75) is 27.2 Å². The summed E-state index contributed by atoms with van der Waals surface area (Å²) in [6.07, 6.45) is 0.873. The van der Waals surface area contributed by atoms with Crippen molar-refractivity contribution in [3.63, 3.8) is 0 Å². The van der Waals surface area contributed by atoms with E-state index in [9.17, 15) is 9.59 Å². The second-order valence-corrected chi connectivity index (χ2v) is 5.35. The molecule has 2 rings (SSSR count). The maximum atomic E-state index is 11.7. The summed E-state index contributed by atoms with van der Waals surface area (Å²) in [4.78, 5) is 23.2. The first-order valence-electron chi connectivity index (χ1n) is 6.50. The molecular formula is C15H19NO3. The zero-order valence-corrected chi connectivity index (χ0v) is 11.5. The van der Waals surface area contributed by atoms with Crippen LogP contribution in [0.2, 0.25) is 0 Å². The number of ether oxygens (including phenoxy) is 1. The van der Waals surface area contributed by atoms with Crippen molar-refractivity contribution in [3.05, 3.63) is 29.3 Å². The van der Waals surface area contributed by atoms with Crippen LogP contribution in [0.15, 0.2) is 18.2 Å². The standard InChI is InChI=1S/C15H19NO3/c1-9-4-10(2)6-12(5-9)16-14(17)8-19-15(18)13-7-11(13)3/h4-6,11,13H,7-8H2,1-3H3,(H,16,17). The number of nitrogens with one attached hydrogen (secondary N) is 1. The Balaban J connectivity index is 1.82. The van der Waals surface area contributed by atoms with Gasteiger partial charge in [-0.1, -0.05) is 13.0 Å². The Bertz CT molecular complexity index is 490. The average Bonchev–Trinajstić information content (AvgIpc) is 3.02. The minimum absolute atomic E-state index is 0.00554. The number of benzene rings is 1. The first-order chi connectivity index (χ1) is 8.95. The lowest BCUT2D eigenvalue weighted by atomic mass is 10.1. The molecule has 0 spiro atoms. The average molecular weight is 261 g/mol. The molecule has 1 aliphatic carbocycles. The van der Waals surface area contributed by atoms with Crippen LogP contribution in [0.1, 0.15) is 24.5 Å². The molecule has 102 valence electrons. The van der Waals surface area contributed by atoms with Crippen LogP contribution in [-0.2, 0) is 14.3 Å². The first-order valence-corrected chi connectivity index (χ1v) is 6.50. The SMILES string of the molecule is Cc1cc(C)cc(NC(=O)COC(=O)C2CC2C)c1. The molecule has 4 heteroatoms. The number of esters is 1. The van der Waals surface area contributed by atoms with Gasteiger partial charge < -0.3 is 10.1 Å². The van der Waals surface area contributed by atoms with Crippen LogP contribution < -0.4 is 5.32 Å². The van der Waals surface area contributed by atoms with Gasteiger partial charge in [-0.05, 0) is 49.4 Å². The van der Waals surface area contributed by atoms with Gasteiger partial charge >= 0.3 is 5.97 Å². The molecule has 1 saturated carbocycles. The summed E-state index contributed by atoms with van der Waals surface area (Å²) in [7, 11) is 0. The Morgan fingerprint density at radius 2 is 1.84 bits per heavy atom. The Morgan fingerprint density at radius 3 is 2.37 bits per heavy atom. The Labute approximate surface area is 113 Å². The fourth-order valence-electron chi connectivity index (χ4n) is 2.14. The van der Waals surface area contributed by atoms with E-state index in [2.05, 4.69) is 5.32 Å². The van der Waals surface area contributed by atoms with Crippen LogP contribution in [0.25, 0.3) is 0 Å². The molecule has 1 fully saturated rings. The molecule has 1 aromatic rings. The number of carbonyl (C=O) groups is 2. The first kappa shape index (κ1) is 13.6. The predicted octanol–water partition coefficient (Wildman–Crippen LogP) is 2.44. The molecule has 0 radical (unpaired) electrons. The predicted molar refractivity (Wildman–Crippen MR) is 72.8 cm³/mol. The van der Waals surface area contributed by atoms with Gasteiger partial charge in [-0.15, -0.1) is 0 Å². The third-order valence-corrected chi connectivity index (χ3v) is 3.26. The Hall–Kier alpha value is -1.84. The van der Waals surface area contributed by atoms with Gasteiger partial charge in [0.25, 0.3) is 5.91 Å². The largest absolute Gasteiger partial charge is 0.455 e. The fraction of sp³-hybridized carbons (Fsp3) is 0.467. The lowest BCUT2D eigenvalue weighted by Crippen LogP contribution is -2.21. The molecule has 1 N–H and O–H groups in total. The summed E-state index contributed by atoms with van der Waals surface area (Å²) in [6.45, 7) is 5.73. The molecule has 0 aromatic heterocycles. The van der Waals surface area contributed by atoms with Crippen molar-refractivity contribution >= 4 is 17.6 Å². The van der Waals surface area contributed by atoms with Crippen LogP contribution in [0.3, 0.4) is 0 Å². The van der Waals surface area contributed by atoms with Gasteiger partial charge in [-0.3, -0.25) is 9.59 Å². The maximum Gasteiger partial charge on any atom is 0.309 e. The minimum Gasteiger partial charge on any atom is -0.455 e. The van der Waals surface area contributed by atoms with Gasteiger partial charge in [-0.25, -0.2) is 0 Å². The summed E-state index contributed by atoms with van der Waals surface area (Å²) in [5.74, 6) is -0.168. The number of hydrogen-bond donors (Lipinski definition) is 1. The number of aryl methyl sites for hydroxylation is 2. The minimum atomic E-state index is -0.299. The Kier molecular flexibility index (Phi) is 3.88. The number of amides is 1. The van der Waals surface area contributed by atoms with Gasteiger partial charge in [-0.2, -0.15) is 0 Å². The van der Waals surface area contributed by atoms with Crippen molar-refractivity contribution in [3.8, 4) is 0 Å². The maximum absolute atomic E-state index is 11.7. The highest BCUT2D eigenvalue weighted by atomic mass is 16.5. The summed E-state index contributed by atoms with van der Waals surface area (Å²) in [5.41, 5.74) is 2.90. The topological polar surface area (TPSA) is 55.4 Å². The molecule has 19 heavy (non-hydrogen) atoms. The number of anilines is 1. The van der Waals surface area contributed by atoms with E-state index in [1.807, 2.05) is 39.0 Å².